The minimum Gasteiger partial charge on any atom is -0.465 e. The molecule has 1 aliphatic heterocycles. The molecular formula is C31H51N3O7S2. The van der Waals surface area contributed by atoms with Crippen LogP contribution in [0.5, 0.6) is 0 Å². The lowest BCUT2D eigenvalue weighted by Crippen LogP contribution is -2.54. The molecule has 2 rings (SSSR count). The number of thioether (sulfide) groups is 1. The molecule has 244 valence electrons. The first-order valence-electron chi connectivity index (χ1n) is 15.2. The first kappa shape index (κ1) is 36.9. The number of esters is 2. The third-order valence-electron chi connectivity index (χ3n) is 6.37. The zero-order valence-corrected chi connectivity index (χ0v) is 28.5. The Bertz CT molecular complexity index is 1020. The maximum Gasteiger partial charge on any atom is 0.407 e. The third kappa shape index (κ3) is 14.8. The van der Waals surface area contributed by atoms with E-state index in [4.69, 9.17) is 14.2 Å². The molecule has 12 heteroatoms. The fraction of sp³-hybridized carbons (Fsp3) is 0.742. The highest BCUT2D eigenvalue weighted by molar-refractivity contribution is 7.99. The molecule has 0 aliphatic carbocycles. The standard InChI is InChI=1S/C31H51N3O7S2/c1-8-39-28(37)22(15-12-10-9-11-13-17-32-29(38)41-31(5,6)7)33-23-21-43-25(24-16-14-18-42-24)19-34(27(23)36)20-26(35)40-30(2,3)4/h14,16,18,22-23,25,33H,8-13,15,17,19-21H2,1-7H3,(H,32,38)/t22-,23?,25?/m1/s1. The molecule has 0 aromatic carbocycles. The van der Waals surface area contributed by atoms with Gasteiger partial charge in [0.1, 0.15) is 23.8 Å². The molecule has 1 fully saturated rings. The average Bonchev–Trinajstić information content (AvgIpc) is 3.37. The van der Waals surface area contributed by atoms with Crippen molar-refractivity contribution in [3.63, 3.8) is 0 Å². The van der Waals surface area contributed by atoms with Crippen molar-refractivity contribution in [1.29, 1.82) is 0 Å². The SMILES string of the molecule is CCOC(=O)[C@@H](CCCCCCCNC(=O)OC(C)(C)C)NC1CSC(c2cccs2)CN(CC(=O)OC(C)(C)C)C1=O. The van der Waals surface area contributed by atoms with E-state index < -0.39 is 35.3 Å². The van der Waals surface area contributed by atoms with Gasteiger partial charge in [0.2, 0.25) is 5.91 Å². The lowest BCUT2D eigenvalue weighted by atomic mass is 10.0. The summed E-state index contributed by atoms with van der Waals surface area (Å²) < 4.78 is 16.1. The summed E-state index contributed by atoms with van der Waals surface area (Å²) in [4.78, 5) is 53.8. The van der Waals surface area contributed by atoms with Gasteiger partial charge in [-0.15, -0.1) is 23.1 Å². The second-order valence-electron chi connectivity index (χ2n) is 12.7. The van der Waals surface area contributed by atoms with Gasteiger partial charge in [-0.05, 0) is 72.8 Å². The van der Waals surface area contributed by atoms with E-state index in [1.165, 1.54) is 0 Å². The molecule has 43 heavy (non-hydrogen) atoms. The van der Waals surface area contributed by atoms with Crippen LogP contribution >= 0.6 is 23.1 Å². The predicted octanol–water partition coefficient (Wildman–Crippen LogP) is 5.46. The topological polar surface area (TPSA) is 123 Å². The van der Waals surface area contributed by atoms with Crippen molar-refractivity contribution in [2.24, 2.45) is 0 Å². The molecule has 3 atom stereocenters. The summed E-state index contributed by atoms with van der Waals surface area (Å²) in [6.07, 6.45) is 4.54. The summed E-state index contributed by atoms with van der Waals surface area (Å²) in [5.74, 6) is -0.587. The van der Waals surface area contributed by atoms with Gasteiger partial charge in [0.05, 0.1) is 17.9 Å². The van der Waals surface area contributed by atoms with Crippen molar-refractivity contribution < 1.29 is 33.4 Å². The number of ether oxygens (including phenoxy) is 3. The first-order valence-corrected chi connectivity index (χ1v) is 17.2. The average molecular weight is 642 g/mol. The molecule has 10 nitrogen and oxygen atoms in total. The lowest BCUT2D eigenvalue weighted by molar-refractivity contribution is -0.159. The molecule has 2 N–H and O–H groups in total. The molecule has 0 bridgehead atoms. The molecule has 0 spiro atoms. The van der Waals surface area contributed by atoms with Crippen LogP contribution in [0.15, 0.2) is 17.5 Å². The fourth-order valence-electron chi connectivity index (χ4n) is 4.55. The normalized spacial score (nSPS) is 18.5. The molecule has 0 saturated carbocycles. The van der Waals surface area contributed by atoms with Gasteiger partial charge in [0, 0.05) is 23.7 Å². The van der Waals surface area contributed by atoms with Gasteiger partial charge in [-0.1, -0.05) is 31.7 Å². The molecule has 1 saturated heterocycles. The van der Waals surface area contributed by atoms with Gasteiger partial charge in [0.25, 0.3) is 0 Å². The lowest BCUT2D eigenvalue weighted by Gasteiger charge is -2.28. The van der Waals surface area contributed by atoms with Crippen LogP contribution < -0.4 is 10.6 Å². The number of hydrogen-bond donors (Lipinski definition) is 2. The number of rotatable bonds is 15. The van der Waals surface area contributed by atoms with Crippen molar-refractivity contribution in [3.05, 3.63) is 22.4 Å². The summed E-state index contributed by atoms with van der Waals surface area (Å²) in [5.41, 5.74) is -1.18. The van der Waals surface area contributed by atoms with Gasteiger partial charge in [-0.3, -0.25) is 19.7 Å². The largest absolute Gasteiger partial charge is 0.465 e. The van der Waals surface area contributed by atoms with Gasteiger partial charge < -0.3 is 24.4 Å². The van der Waals surface area contributed by atoms with E-state index in [-0.39, 0.29) is 30.3 Å². The number of nitrogens with zero attached hydrogens (tertiary/aromatic N) is 1. The Morgan fingerprint density at radius 2 is 1.70 bits per heavy atom. The second kappa shape index (κ2) is 17.9. The predicted molar refractivity (Wildman–Crippen MR) is 171 cm³/mol. The number of alkyl carbamates (subject to hydrolysis) is 1. The molecule has 1 aromatic rings. The van der Waals surface area contributed by atoms with Crippen LogP contribution in [0.2, 0.25) is 0 Å². The van der Waals surface area contributed by atoms with Crippen LogP contribution in [0.25, 0.3) is 0 Å². The number of carbonyl (C=O) groups excluding carboxylic acids is 4. The minimum atomic E-state index is -0.658. The van der Waals surface area contributed by atoms with Crippen LogP contribution in [-0.2, 0) is 28.6 Å². The van der Waals surface area contributed by atoms with Gasteiger partial charge in [-0.2, -0.15) is 0 Å². The monoisotopic (exact) mass is 641 g/mol. The summed E-state index contributed by atoms with van der Waals surface area (Å²) in [7, 11) is 0. The Hall–Kier alpha value is -2.31. The highest BCUT2D eigenvalue weighted by Crippen LogP contribution is 2.36. The van der Waals surface area contributed by atoms with E-state index in [1.54, 1.807) is 55.7 Å². The molecule has 0 radical (unpaired) electrons. The maximum absolute atomic E-state index is 13.7. The highest BCUT2D eigenvalue weighted by atomic mass is 32.2. The summed E-state index contributed by atoms with van der Waals surface area (Å²) >= 11 is 3.28. The van der Waals surface area contributed by atoms with Crippen LogP contribution in [0.3, 0.4) is 0 Å². The minimum absolute atomic E-state index is 0.0176. The number of hydrogen-bond acceptors (Lipinski definition) is 10. The number of thiophene rings is 1. The van der Waals surface area contributed by atoms with E-state index in [9.17, 15) is 19.2 Å². The van der Waals surface area contributed by atoms with Gasteiger partial charge in [0.15, 0.2) is 0 Å². The first-order chi connectivity index (χ1) is 20.2. The molecule has 2 unspecified atom stereocenters. The van der Waals surface area contributed by atoms with Crippen molar-refractivity contribution in [1.82, 2.24) is 15.5 Å². The number of carbonyl (C=O) groups is 4. The maximum atomic E-state index is 13.7. The number of unbranched alkanes of at least 4 members (excludes halogenated alkanes) is 4. The Balaban J connectivity index is 1.96. The van der Waals surface area contributed by atoms with Crippen molar-refractivity contribution in [2.75, 3.05) is 32.0 Å². The Morgan fingerprint density at radius 3 is 2.33 bits per heavy atom. The van der Waals surface area contributed by atoms with Crippen LogP contribution in [0.4, 0.5) is 4.79 Å². The number of nitrogens with one attached hydrogen (secondary N) is 2. The molecule has 1 aromatic heterocycles. The molecule has 2 amide bonds. The Labute approximate surface area is 265 Å². The fourth-order valence-corrected chi connectivity index (χ4v) is 6.81. The van der Waals surface area contributed by atoms with E-state index >= 15 is 0 Å². The Kier molecular flexibility index (Phi) is 15.3. The molecular weight excluding hydrogens is 590 g/mol. The quantitative estimate of drug-likeness (QED) is 0.146. The van der Waals surface area contributed by atoms with Crippen LogP contribution in [0.1, 0.15) is 97.1 Å². The van der Waals surface area contributed by atoms with E-state index in [0.29, 0.717) is 25.3 Å². The van der Waals surface area contributed by atoms with Crippen LogP contribution in [-0.4, -0.2) is 84.1 Å². The zero-order chi connectivity index (χ0) is 32.0. The van der Waals surface area contributed by atoms with Gasteiger partial charge >= 0.3 is 18.0 Å². The van der Waals surface area contributed by atoms with Crippen molar-refractivity contribution in [3.8, 4) is 0 Å². The van der Waals surface area contributed by atoms with Crippen LogP contribution in [0, 0.1) is 0 Å². The summed E-state index contributed by atoms with van der Waals surface area (Å²) in [6, 6.07) is 2.74. The van der Waals surface area contributed by atoms with E-state index in [0.717, 1.165) is 37.0 Å². The Morgan fingerprint density at radius 1 is 1.02 bits per heavy atom. The van der Waals surface area contributed by atoms with E-state index in [2.05, 4.69) is 10.6 Å². The third-order valence-corrected chi connectivity index (χ3v) is 8.84. The smallest absolute Gasteiger partial charge is 0.407 e. The zero-order valence-electron chi connectivity index (χ0n) is 26.9. The molecule has 1 aliphatic rings. The highest BCUT2D eigenvalue weighted by Gasteiger charge is 2.36. The second-order valence-corrected chi connectivity index (χ2v) is 14.9. The van der Waals surface area contributed by atoms with Crippen molar-refractivity contribution >= 4 is 47.0 Å². The summed E-state index contributed by atoms with van der Waals surface area (Å²) in [5, 5.41) is 8.09. The van der Waals surface area contributed by atoms with E-state index in [1.807, 2.05) is 38.3 Å². The summed E-state index contributed by atoms with van der Waals surface area (Å²) in [6.45, 7) is 13.7. The molecule has 2 heterocycles. The number of amides is 2. The van der Waals surface area contributed by atoms with Crippen molar-refractivity contribution in [2.45, 2.75) is 116 Å². The van der Waals surface area contributed by atoms with Gasteiger partial charge in [-0.25, -0.2) is 4.79 Å².